The SMILES string of the molecule is CC1(C)CCC(C)(C)c2cc(C(O)(c3ccc4cc(O)ccc4c3)C(F)F)ccc21. The largest absolute Gasteiger partial charge is 0.508 e. The average molecular weight is 411 g/mol. The minimum absolute atomic E-state index is 0.0305. The highest BCUT2D eigenvalue weighted by molar-refractivity contribution is 5.84. The van der Waals surface area contributed by atoms with Crippen molar-refractivity contribution in [3.05, 3.63) is 76.9 Å². The van der Waals surface area contributed by atoms with E-state index in [2.05, 4.69) is 27.7 Å². The molecule has 158 valence electrons. The van der Waals surface area contributed by atoms with Crippen LogP contribution in [0.15, 0.2) is 54.6 Å². The summed E-state index contributed by atoms with van der Waals surface area (Å²) >= 11 is 0. The first-order valence-electron chi connectivity index (χ1n) is 10.3. The van der Waals surface area contributed by atoms with E-state index in [4.69, 9.17) is 0 Å². The molecule has 1 atom stereocenters. The van der Waals surface area contributed by atoms with Crippen molar-refractivity contribution in [1.82, 2.24) is 0 Å². The maximum Gasteiger partial charge on any atom is 0.275 e. The summed E-state index contributed by atoms with van der Waals surface area (Å²) in [7, 11) is 0. The third-order valence-electron chi connectivity index (χ3n) is 6.87. The molecule has 0 aromatic heterocycles. The number of phenols is 1. The van der Waals surface area contributed by atoms with Crippen LogP contribution in [0.5, 0.6) is 5.75 Å². The minimum Gasteiger partial charge on any atom is -0.508 e. The molecule has 0 radical (unpaired) electrons. The third kappa shape index (κ3) is 3.18. The van der Waals surface area contributed by atoms with Gasteiger partial charge in [0.1, 0.15) is 5.75 Å². The van der Waals surface area contributed by atoms with Crippen LogP contribution < -0.4 is 0 Å². The van der Waals surface area contributed by atoms with Gasteiger partial charge in [0.15, 0.2) is 5.60 Å². The van der Waals surface area contributed by atoms with Crippen LogP contribution in [0.2, 0.25) is 0 Å². The number of rotatable bonds is 3. The van der Waals surface area contributed by atoms with Crippen molar-refractivity contribution in [3.8, 4) is 5.75 Å². The first-order chi connectivity index (χ1) is 13.9. The molecular weight excluding hydrogens is 382 g/mol. The number of fused-ring (bicyclic) bond motifs is 2. The molecule has 0 spiro atoms. The lowest BCUT2D eigenvalue weighted by atomic mass is 9.62. The van der Waals surface area contributed by atoms with Gasteiger partial charge >= 0.3 is 0 Å². The van der Waals surface area contributed by atoms with Crippen molar-refractivity contribution in [3.63, 3.8) is 0 Å². The highest BCUT2D eigenvalue weighted by Crippen LogP contribution is 2.48. The first kappa shape index (κ1) is 20.8. The van der Waals surface area contributed by atoms with E-state index in [0.717, 1.165) is 29.4 Å². The first-order valence-corrected chi connectivity index (χ1v) is 10.3. The van der Waals surface area contributed by atoms with Crippen LogP contribution in [-0.4, -0.2) is 16.6 Å². The molecule has 0 amide bonds. The normalized spacial score (nSPS) is 19.5. The molecular formula is C26H28F2O2. The van der Waals surface area contributed by atoms with E-state index >= 15 is 0 Å². The average Bonchev–Trinajstić information content (AvgIpc) is 2.70. The molecule has 4 heteroatoms. The summed E-state index contributed by atoms with van der Waals surface area (Å²) in [6, 6.07) is 14.8. The molecule has 3 aromatic carbocycles. The van der Waals surface area contributed by atoms with Crippen LogP contribution in [0.25, 0.3) is 10.8 Å². The quantitative estimate of drug-likeness (QED) is 0.525. The maximum atomic E-state index is 14.4. The molecule has 0 bridgehead atoms. The van der Waals surface area contributed by atoms with Gasteiger partial charge in [-0.3, -0.25) is 0 Å². The molecule has 0 heterocycles. The molecule has 0 aliphatic heterocycles. The fraction of sp³-hybridized carbons (Fsp3) is 0.385. The zero-order valence-electron chi connectivity index (χ0n) is 17.8. The van der Waals surface area contributed by atoms with Crippen molar-refractivity contribution >= 4 is 10.8 Å². The smallest absolute Gasteiger partial charge is 0.275 e. The van der Waals surface area contributed by atoms with Crippen LogP contribution >= 0.6 is 0 Å². The molecule has 30 heavy (non-hydrogen) atoms. The van der Waals surface area contributed by atoms with Crippen molar-refractivity contribution in [2.75, 3.05) is 0 Å². The Bertz CT molecular complexity index is 1120. The number of aliphatic hydroxyl groups is 1. The van der Waals surface area contributed by atoms with Crippen LogP contribution in [0.4, 0.5) is 8.78 Å². The van der Waals surface area contributed by atoms with Gasteiger partial charge in [-0.1, -0.05) is 64.1 Å². The lowest BCUT2D eigenvalue weighted by Gasteiger charge is -2.43. The molecule has 2 nitrogen and oxygen atoms in total. The van der Waals surface area contributed by atoms with Gasteiger partial charge in [0.05, 0.1) is 0 Å². The van der Waals surface area contributed by atoms with Crippen molar-refractivity contribution in [2.24, 2.45) is 0 Å². The monoisotopic (exact) mass is 410 g/mol. The highest BCUT2D eigenvalue weighted by Gasteiger charge is 2.44. The second kappa shape index (κ2) is 6.78. The molecule has 3 aromatic rings. The topological polar surface area (TPSA) is 40.5 Å². The molecule has 4 rings (SSSR count). The van der Waals surface area contributed by atoms with Gasteiger partial charge in [0.25, 0.3) is 6.43 Å². The summed E-state index contributed by atoms with van der Waals surface area (Å²) in [5.41, 5.74) is -0.0567. The molecule has 1 aliphatic rings. The molecule has 2 N–H and O–H groups in total. The minimum atomic E-state index is -3.00. The second-order valence-electron chi connectivity index (χ2n) is 9.84. The zero-order valence-corrected chi connectivity index (χ0v) is 17.8. The fourth-order valence-electron chi connectivity index (χ4n) is 4.71. The van der Waals surface area contributed by atoms with Crippen molar-refractivity contribution < 1.29 is 19.0 Å². The van der Waals surface area contributed by atoms with Gasteiger partial charge in [-0.2, -0.15) is 0 Å². The van der Waals surface area contributed by atoms with E-state index in [1.54, 1.807) is 36.4 Å². The molecule has 0 saturated heterocycles. The Balaban J connectivity index is 1.91. The summed E-state index contributed by atoms with van der Waals surface area (Å²) in [5, 5.41) is 22.4. The highest BCUT2D eigenvalue weighted by atomic mass is 19.3. The third-order valence-corrected chi connectivity index (χ3v) is 6.87. The number of hydrogen-bond acceptors (Lipinski definition) is 2. The van der Waals surface area contributed by atoms with E-state index < -0.39 is 12.0 Å². The Hall–Kier alpha value is -2.46. The van der Waals surface area contributed by atoms with Crippen LogP contribution in [0.3, 0.4) is 0 Å². The number of aromatic hydroxyl groups is 1. The summed E-state index contributed by atoms with van der Waals surface area (Å²) in [5.74, 6) is 0.110. The predicted octanol–water partition coefficient (Wildman–Crippen LogP) is 6.40. The summed E-state index contributed by atoms with van der Waals surface area (Å²) in [6.45, 7) is 8.63. The number of phenolic OH excluding ortho intramolecular Hbond substituents is 1. The van der Waals surface area contributed by atoms with Crippen LogP contribution in [0.1, 0.15) is 62.8 Å². The molecule has 1 unspecified atom stereocenters. The lowest BCUT2D eigenvalue weighted by Crippen LogP contribution is -2.38. The Labute approximate surface area is 176 Å². The number of alkyl halides is 2. The van der Waals surface area contributed by atoms with Gasteiger partial charge in [0.2, 0.25) is 0 Å². The molecule has 0 saturated carbocycles. The van der Waals surface area contributed by atoms with Gasteiger partial charge in [-0.05, 0) is 74.9 Å². The van der Waals surface area contributed by atoms with E-state index in [-0.39, 0.29) is 27.7 Å². The summed E-state index contributed by atoms with van der Waals surface area (Å²) in [4.78, 5) is 0. The van der Waals surface area contributed by atoms with Crippen LogP contribution in [0, 0.1) is 0 Å². The van der Waals surface area contributed by atoms with Crippen LogP contribution in [-0.2, 0) is 16.4 Å². The standard InChI is InChI=1S/C26H28F2O2/c1-24(2)11-12-25(3,4)22-15-19(8-10-21(22)24)26(30,23(27)28)18-7-5-17-14-20(29)9-6-16(17)13-18/h5-10,13-15,23,29-30H,11-12H2,1-4H3. The predicted molar refractivity (Wildman–Crippen MR) is 116 cm³/mol. The Morgan fingerprint density at radius 3 is 1.97 bits per heavy atom. The van der Waals surface area contributed by atoms with Gasteiger partial charge in [-0.25, -0.2) is 8.78 Å². The van der Waals surface area contributed by atoms with Gasteiger partial charge in [0, 0.05) is 0 Å². The number of benzene rings is 3. The number of hydrogen-bond donors (Lipinski definition) is 2. The summed E-state index contributed by atoms with van der Waals surface area (Å²) < 4.78 is 28.8. The maximum absolute atomic E-state index is 14.4. The second-order valence-corrected chi connectivity index (χ2v) is 9.84. The molecule has 0 fully saturated rings. The molecule has 1 aliphatic carbocycles. The number of halogens is 2. The zero-order chi connectivity index (χ0) is 21.9. The summed E-state index contributed by atoms with van der Waals surface area (Å²) in [6.07, 6.45) is -1.00. The van der Waals surface area contributed by atoms with E-state index in [1.165, 1.54) is 12.1 Å². The Morgan fingerprint density at radius 1 is 0.767 bits per heavy atom. The Kier molecular flexibility index (Phi) is 4.70. The van der Waals surface area contributed by atoms with E-state index in [1.807, 2.05) is 6.07 Å². The van der Waals surface area contributed by atoms with E-state index in [9.17, 15) is 19.0 Å². The lowest BCUT2D eigenvalue weighted by molar-refractivity contribution is -0.0718. The van der Waals surface area contributed by atoms with Crippen molar-refractivity contribution in [2.45, 2.75) is 63.4 Å². The van der Waals surface area contributed by atoms with Gasteiger partial charge in [-0.15, -0.1) is 0 Å². The fourth-order valence-corrected chi connectivity index (χ4v) is 4.71. The van der Waals surface area contributed by atoms with E-state index in [0.29, 0.717) is 5.39 Å². The Morgan fingerprint density at radius 2 is 1.30 bits per heavy atom. The van der Waals surface area contributed by atoms with Crippen molar-refractivity contribution in [1.29, 1.82) is 0 Å². The van der Waals surface area contributed by atoms with Gasteiger partial charge < -0.3 is 10.2 Å².